The Bertz CT molecular complexity index is 1560. The summed E-state index contributed by atoms with van der Waals surface area (Å²) in [5.74, 6) is -0.528. The van der Waals surface area contributed by atoms with E-state index in [2.05, 4.69) is 23.5 Å². The molecule has 1 heterocycles. The molecule has 0 fully saturated rings. The van der Waals surface area contributed by atoms with Gasteiger partial charge in [0.25, 0.3) is 5.91 Å². The van der Waals surface area contributed by atoms with Crippen LogP contribution in [0.2, 0.25) is 0 Å². The average molecular weight is 577 g/mol. The van der Waals surface area contributed by atoms with E-state index in [1.54, 1.807) is 61.0 Å². The molecule has 0 aliphatic rings. The monoisotopic (exact) mass is 576 g/mol. The molecule has 214 valence electrons. The number of hydrogen-bond acceptors (Lipinski definition) is 8. The van der Waals surface area contributed by atoms with Gasteiger partial charge in [-0.3, -0.25) is 14.8 Å². The fourth-order valence-corrected chi connectivity index (χ4v) is 5.48. The zero-order valence-corrected chi connectivity index (χ0v) is 23.6. The van der Waals surface area contributed by atoms with Gasteiger partial charge in [-0.1, -0.05) is 18.2 Å². The highest BCUT2D eigenvalue weighted by Gasteiger charge is 2.23. The minimum atomic E-state index is -3.96. The molecule has 0 saturated carbocycles. The summed E-state index contributed by atoms with van der Waals surface area (Å²) in [6.07, 6.45) is 7.55. The van der Waals surface area contributed by atoms with E-state index in [9.17, 15) is 23.2 Å². The van der Waals surface area contributed by atoms with Gasteiger partial charge in [-0.25, -0.2) is 18.9 Å². The molecular formula is C30H32N4O6S. The molecule has 3 rings (SSSR count). The van der Waals surface area contributed by atoms with E-state index in [4.69, 9.17) is 4.74 Å². The number of hydrogen-bond donors (Lipinski definition) is 3. The Kier molecular flexibility index (Phi) is 10.6. The largest absolute Gasteiger partial charge is 0.497 e. The smallest absolute Gasteiger partial charge is 0.276 e. The first-order valence-electron chi connectivity index (χ1n) is 12.5. The van der Waals surface area contributed by atoms with Crippen molar-refractivity contribution in [3.8, 4) is 5.75 Å². The van der Waals surface area contributed by atoms with Crippen LogP contribution in [0.4, 0.5) is 5.69 Å². The second-order valence-corrected chi connectivity index (χ2v) is 10.7. The first kappa shape index (κ1) is 30.8. The van der Waals surface area contributed by atoms with Crippen LogP contribution in [0.1, 0.15) is 27.0 Å². The second kappa shape index (κ2) is 14.1. The van der Waals surface area contributed by atoms with Gasteiger partial charge in [0, 0.05) is 37.5 Å². The number of carbonyl (C=O) groups excluding carboxylic acids is 2. The molecule has 0 unspecified atom stereocenters. The van der Waals surface area contributed by atoms with Crippen LogP contribution in [0.15, 0.2) is 96.0 Å². The minimum Gasteiger partial charge on any atom is -0.497 e. The Morgan fingerprint density at radius 3 is 2.39 bits per heavy atom. The highest BCUT2D eigenvalue weighted by Crippen LogP contribution is 2.28. The number of nitrogens with one attached hydrogen (secondary N) is 2. The quantitative estimate of drug-likeness (QED) is 0.119. The standard InChI is InChI=1S/C30H32N4O6S/c1-5-16-34(17-6-2)27(35)14-9-22-18-21(3)28(26(19-22)29(36)33-37)32-20-23-8-7-15-31-30(23)41(38,39)25-12-10-24(40-4)11-13-25/h5-15,18-19,32,37H,1-2,16-17,20H2,3-4H3,(H,33,36)/b14-9+. The van der Waals surface area contributed by atoms with Crippen LogP contribution >= 0.6 is 0 Å². The molecule has 0 bridgehead atoms. The zero-order valence-electron chi connectivity index (χ0n) is 22.8. The Hall–Kier alpha value is -4.74. The minimum absolute atomic E-state index is 0.0108. The molecule has 2 aromatic carbocycles. The van der Waals surface area contributed by atoms with Crippen molar-refractivity contribution in [3.63, 3.8) is 0 Å². The normalized spacial score (nSPS) is 11.1. The van der Waals surface area contributed by atoms with Crippen molar-refractivity contribution in [1.29, 1.82) is 0 Å². The fraction of sp³-hybridized carbons (Fsp3) is 0.167. The Balaban J connectivity index is 1.92. The molecule has 10 nitrogen and oxygen atoms in total. The van der Waals surface area contributed by atoms with Crippen molar-refractivity contribution >= 4 is 33.4 Å². The number of hydroxylamine groups is 1. The molecule has 0 spiro atoms. The highest BCUT2D eigenvalue weighted by molar-refractivity contribution is 7.91. The van der Waals surface area contributed by atoms with E-state index in [-0.39, 0.29) is 27.9 Å². The van der Waals surface area contributed by atoms with Crippen LogP contribution in [0, 0.1) is 6.92 Å². The number of amides is 2. The van der Waals surface area contributed by atoms with Crippen molar-refractivity contribution in [2.45, 2.75) is 23.4 Å². The molecule has 0 radical (unpaired) electrons. The van der Waals surface area contributed by atoms with Crippen LogP contribution in [0.25, 0.3) is 6.08 Å². The van der Waals surface area contributed by atoms with Crippen molar-refractivity contribution in [3.05, 3.63) is 108 Å². The molecule has 0 atom stereocenters. The van der Waals surface area contributed by atoms with Gasteiger partial charge in [-0.2, -0.15) is 0 Å². The van der Waals surface area contributed by atoms with Gasteiger partial charge < -0.3 is 15.0 Å². The lowest BCUT2D eigenvalue weighted by molar-refractivity contribution is -0.125. The average Bonchev–Trinajstić information content (AvgIpc) is 2.98. The number of anilines is 1. The number of sulfone groups is 1. The van der Waals surface area contributed by atoms with Crippen molar-refractivity contribution in [2.75, 3.05) is 25.5 Å². The number of ether oxygens (including phenoxy) is 1. The maximum Gasteiger partial charge on any atom is 0.276 e. The number of carbonyl (C=O) groups is 2. The van der Waals surface area contributed by atoms with Crippen molar-refractivity contribution in [1.82, 2.24) is 15.4 Å². The molecule has 0 aliphatic carbocycles. The number of benzene rings is 2. The number of aryl methyl sites for hydroxylation is 1. The molecule has 3 N–H and O–H groups in total. The fourth-order valence-electron chi connectivity index (χ4n) is 4.08. The summed E-state index contributed by atoms with van der Waals surface area (Å²) >= 11 is 0. The van der Waals surface area contributed by atoms with E-state index in [1.165, 1.54) is 42.5 Å². The van der Waals surface area contributed by atoms with Gasteiger partial charge in [-0.05, 0) is 66.6 Å². The zero-order chi connectivity index (χ0) is 30.0. The molecule has 0 saturated heterocycles. The van der Waals surface area contributed by atoms with E-state index >= 15 is 0 Å². The van der Waals surface area contributed by atoms with Crippen molar-refractivity contribution < 1.29 is 28.0 Å². The molecule has 1 aromatic heterocycles. The summed E-state index contributed by atoms with van der Waals surface area (Å²) in [6, 6.07) is 12.5. The molecule has 41 heavy (non-hydrogen) atoms. The Labute approximate surface area is 239 Å². The molecule has 3 aromatic rings. The van der Waals surface area contributed by atoms with Gasteiger partial charge in [0.1, 0.15) is 5.75 Å². The third-order valence-corrected chi connectivity index (χ3v) is 7.83. The van der Waals surface area contributed by atoms with E-state index in [1.807, 2.05) is 0 Å². The highest BCUT2D eigenvalue weighted by atomic mass is 32.2. The lowest BCUT2D eigenvalue weighted by atomic mass is 10.0. The summed E-state index contributed by atoms with van der Waals surface area (Å²) in [5.41, 5.74) is 3.64. The van der Waals surface area contributed by atoms with Gasteiger partial charge in [-0.15, -0.1) is 13.2 Å². The first-order chi connectivity index (χ1) is 19.7. The van der Waals surface area contributed by atoms with Crippen LogP contribution in [0.3, 0.4) is 0 Å². The predicted octanol–water partition coefficient (Wildman–Crippen LogP) is 4.18. The summed E-state index contributed by atoms with van der Waals surface area (Å²) in [7, 11) is -2.47. The molecule has 11 heteroatoms. The maximum absolute atomic E-state index is 13.4. The lowest BCUT2D eigenvalue weighted by Crippen LogP contribution is -2.29. The SMILES string of the molecule is C=CCN(CC=C)C(=O)/C=C/c1cc(C)c(NCc2cccnc2S(=O)(=O)c2ccc(OC)cc2)c(C(=O)NO)c1. The second-order valence-electron chi connectivity index (χ2n) is 8.86. The Morgan fingerprint density at radius 2 is 1.78 bits per heavy atom. The van der Waals surface area contributed by atoms with E-state index < -0.39 is 15.7 Å². The molecule has 0 aliphatic heterocycles. The number of aromatic nitrogens is 1. The van der Waals surface area contributed by atoms with Crippen LogP contribution in [-0.4, -0.2) is 55.5 Å². The summed E-state index contributed by atoms with van der Waals surface area (Å²) in [5, 5.41) is 12.4. The van der Waals surface area contributed by atoms with E-state index in [0.29, 0.717) is 41.2 Å². The lowest BCUT2D eigenvalue weighted by Gasteiger charge is -2.18. The third-order valence-electron chi connectivity index (χ3n) is 6.06. The van der Waals surface area contributed by atoms with Gasteiger partial charge in [0.05, 0.1) is 23.3 Å². The molecule has 2 amide bonds. The maximum atomic E-state index is 13.4. The summed E-state index contributed by atoms with van der Waals surface area (Å²) < 4.78 is 31.9. The van der Waals surface area contributed by atoms with Crippen LogP contribution in [0.5, 0.6) is 5.75 Å². The first-order valence-corrected chi connectivity index (χ1v) is 14.0. The summed E-state index contributed by atoms with van der Waals surface area (Å²) in [4.78, 5) is 30.9. The predicted molar refractivity (Wildman–Crippen MR) is 156 cm³/mol. The van der Waals surface area contributed by atoms with Gasteiger partial charge >= 0.3 is 0 Å². The van der Waals surface area contributed by atoms with Gasteiger partial charge in [0.15, 0.2) is 5.03 Å². The van der Waals surface area contributed by atoms with E-state index in [0.717, 1.165) is 0 Å². The number of nitrogens with zero attached hydrogens (tertiary/aromatic N) is 2. The van der Waals surface area contributed by atoms with Crippen LogP contribution < -0.4 is 15.5 Å². The number of methoxy groups -OCH3 is 1. The third kappa shape index (κ3) is 7.47. The van der Waals surface area contributed by atoms with Crippen molar-refractivity contribution in [2.24, 2.45) is 0 Å². The molecular weight excluding hydrogens is 544 g/mol. The van der Waals surface area contributed by atoms with Gasteiger partial charge in [0.2, 0.25) is 15.7 Å². The number of pyridine rings is 1. The number of rotatable bonds is 13. The van der Waals surface area contributed by atoms with Crippen LogP contribution in [-0.2, 0) is 21.2 Å². The topological polar surface area (TPSA) is 138 Å². The summed E-state index contributed by atoms with van der Waals surface area (Å²) in [6.45, 7) is 9.76. The Morgan fingerprint density at radius 1 is 1.10 bits per heavy atom.